The van der Waals surface area contributed by atoms with Crippen molar-refractivity contribution in [3.8, 4) is 11.3 Å². The lowest BCUT2D eigenvalue weighted by Gasteiger charge is -2.15. The van der Waals surface area contributed by atoms with Crippen molar-refractivity contribution >= 4 is 61.3 Å². The third-order valence-corrected chi connectivity index (χ3v) is 7.63. The van der Waals surface area contributed by atoms with Crippen LogP contribution in [0.1, 0.15) is 46.5 Å². The van der Waals surface area contributed by atoms with Crippen LogP contribution in [-0.2, 0) is 35.7 Å². The minimum Gasteiger partial charge on any atom is -0.741 e. The maximum absolute atomic E-state index is 12.2. The number of esters is 1. The number of unbranched alkanes of at least 4 members (excludes halogenated alkanes) is 2. The summed E-state index contributed by atoms with van der Waals surface area (Å²) >= 11 is 0. The number of nitrogens with zero attached hydrogens (tertiary/aromatic N) is 1. The van der Waals surface area contributed by atoms with Crippen LogP contribution in [0.15, 0.2) is 66.7 Å². The van der Waals surface area contributed by atoms with E-state index in [1.165, 1.54) is 0 Å². The summed E-state index contributed by atoms with van der Waals surface area (Å²) in [6, 6.07) is 21.7. The molecule has 4 aromatic rings. The maximum atomic E-state index is 12.2. The third-order valence-electron chi connectivity index (χ3n) is 7.07. The lowest BCUT2D eigenvalue weighted by molar-refractivity contribution is -0.659. The Balaban J connectivity index is 0.000000753. The summed E-state index contributed by atoms with van der Waals surface area (Å²) < 4.78 is 76.4. The van der Waals surface area contributed by atoms with Gasteiger partial charge in [0.25, 0.3) is 0 Å². The van der Waals surface area contributed by atoms with Crippen molar-refractivity contribution in [2.45, 2.75) is 58.5 Å². The van der Waals surface area contributed by atoms with Gasteiger partial charge in [-0.2, -0.15) is 17.7 Å². The lowest BCUT2D eigenvalue weighted by atomic mass is 9.97. The number of fused-ring (bicyclic) bond motifs is 3. The number of rotatable bonds is 12. The van der Waals surface area contributed by atoms with Gasteiger partial charge in [-0.1, -0.05) is 24.3 Å². The minimum absolute atomic E-state index is 0.178. The molecule has 0 spiro atoms. The Bertz CT molecular complexity index is 1900. The van der Waals surface area contributed by atoms with E-state index in [1.807, 2.05) is 61.5 Å². The average molecular weight is 722 g/mol. The molecule has 2 N–H and O–H groups in total. The zero-order chi connectivity index (χ0) is 36.9. The maximum Gasteiger partial charge on any atom is 0.485 e. The molecule has 12 nitrogen and oxygen atoms in total. The van der Waals surface area contributed by atoms with Crippen molar-refractivity contribution < 1.29 is 59.3 Å². The number of aromatic nitrogens is 1. The van der Waals surface area contributed by atoms with E-state index in [4.69, 9.17) is 27.2 Å². The summed E-state index contributed by atoms with van der Waals surface area (Å²) in [5.41, 5.74) is -1.48. The molecular weight excluding hydrogens is 683 g/mol. The number of alkyl halides is 3. The van der Waals surface area contributed by atoms with Gasteiger partial charge in [-0.15, -0.1) is 0 Å². The topological polar surface area (TPSA) is 164 Å². The highest BCUT2D eigenvalue weighted by molar-refractivity contribution is 7.86. The Morgan fingerprint density at radius 1 is 0.740 bits per heavy atom. The highest BCUT2D eigenvalue weighted by Crippen LogP contribution is 2.34. The minimum atomic E-state index is -6.09. The van der Waals surface area contributed by atoms with Gasteiger partial charge in [-0.05, 0) is 70.0 Å². The normalized spacial score (nSPS) is 11.3. The van der Waals surface area contributed by atoms with Gasteiger partial charge in [0.15, 0.2) is 10.1 Å². The van der Waals surface area contributed by atoms with Crippen LogP contribution in [0.2, 0.25) is 0 Å². The molecule has 0 unspecified atom stereocenters. The highest BCUT2D eigenvalue weighted by atomic mass is 32.2. The molecule has 2 amide bonds. The molecule has 0 aliphatic rings. The fraction of sp³-hybridized carbons (Fsp3) is 0.353. The van der Waals surface area contributed by atoms with E-state index in [0.717, 1.165) is 52.2 Å². The van der Waals surface area contributed by atoms with E-state index in [9.17, 15) is 27.6 Å². The van der Waals surface area contributed by atoms with Gasteiger partial charge in [0, 0.05) is 35.5 Å². The zero-order valence-electron chi connectivity index (χ0n) is 27.7. The SMILES string of the molecule is CCOC(=O)CCCCC[n+]1c(-c2ccccc2)c2cc(NC(=O)OCC)ccc2c2ccc(NC(=O)OCC)cc21.O=S(=O)([O-])C(F)(F)F. The fourth-order valence-electron chi connectivity index (χ4n) is 5.04. The Morgan fingerprint density at radius 2 is 1.28 bits per heavy atom. The van der Waals surface area contributed by atoms with Crippen LogP contribution in [0.3, 0.4) is 0 Å². The number of benzene rings is 3. The number of amides is 2. The van der Waals surface area contributed by atoms with E-state index in [-0.39, 0.29) is 19.2 Å². The molecule has 1 aromatic heterocycles. The van der Waals surface area contributed by atoms with E-state index in [0.29, 0.717) is 30.9 Å². The molecule has 0 aliphatic heterocycles. The van der Waals surface area contributed by atoms with Crippen LogP contribution < -0.4 is 15.2 Å². The lowest BCUT2D eigenvalue weighted by Crippen LogP contribution is -2.38. The second-order valence-electron chi connectivity index (χ2n) is 10.6. The Morgan fingerprint density at radius 3 is 1.82 bits per heavy atom. The van der Waals surface area contributed by atoms with Gasteiger partial charge in [0.1, 0.15) is 6.54 Å². The monoisotopic (exact) mass is 721 g/mol. The van der Waals surface area contributed by atoms with Gasteiger partial charge in [0.2, 0.25) is 11.2 Å². The first-order chi connectivity index (χ1) is 23.7. The largest absolute Gasteiger partial charge is 0.741 e. The highest BCUT2D eigenvalue weighted by Gasteiger charge is 2.37. The smallest absolute Gasteiger partial charge is 0.485 e. The number of carbonyl (C=O) groups excluding carboxylic acids is 3. The average Bonchev–Trinajstić information content (AvgIpc) is 3.04. The van der Waals surface area contributed by atoms with Crippen LogP contribution in [0, 0.1) is 0 Å². The molecule has 0 bridgehead atoms. The second-order valence-corrected chi connectivity index (χ2v) is 11.9. The first kappa shape index (κ1) is 39.5. The number of aryl methyl sites for hydroxylation is 1. The summed E-state index contributed by atoms with van der Waals surface area (Å²) in [6.45, 7) is 6.93. The van der Waals surface area contributed by atoms with Crippen molar-refractivity contribution in [2.24, 2.45) is 0 Å². The number of carbonyl (C=O) groups is 3. The van der Waals surface area contributed by atoms with Crippen LogP contribution in [-0.4, -0.2) is 56.5 Å². The summed E-state index contributed by atoms with van der Waals surface area (Å²) in [7, 11) is -6.09. The van der Waals surface area contributed by atoms with Crippen LogP contribution in [0.5, 0.6) is 0 Å². The number of anilines is 2. The molecule has 3 aromatic carbocycles. The molecular formula is C34H38F3N3O9S. The molecule has 4 rings (SSSR count). The third kappa shape index (κ3) is 11.0. The Hall–Kier alpha value is -4.96. The molecule has 0 saturated carbocycles. The fourth-order valence-corrected chi connectivity index (χ4v) is 5.04. The van der Waals surface area contributed by atoms with E-state index < -0.39 is 27.8 Å². The molecule has 0 saturated heterocycles. The Labute approximate surface area is 287 Å². The van der Waals surface area contributed by atoms with Crippen molar-refractivity contribution in [3.05, 3.63) is 66.7 Å². The molecule has 50 heavy (non-hydrogen) atoms. The van der Waals surface area contributed by atoms with Gasteiger partial charge >= 0.3 is 23.7 Å². The van der Waals surface area contributed by atoms with Gasteiger partial charge < -0.3 is 18.8 Å². The van der Waals surface area contributed by atoms with E-state index in [1.54, 1.807) is 13.8 Å². The molecule has 0 fully saturated rings. The number of nitrogens with one attached hydrogen (secondary N) is 2. The first-order valence-corrected chi connectivity index (χ1v) is 17.1. The van der Waals surface area contributed by atoms with Crippen LogP contribution in [0.25, 0.3) is 32.9 Å². The second kappa shape index (κ2) is 18.2. The van der Waals surface area contributed by atoms with E-state index in [2.05, 4.69) is 27.3 Å². The van der Waals surface area contributed by atoms with E-state index >= 15 is 0 Å². The molecule has 0 aliphatic carbocycles. The number of hydrogen-bond donors (Lipinski definition) is 2. The number of pyridine rings is 1. The van der Waals surface area contributed by atoms with Gasteiger partial charge in [-0.3, -0.25) is 15.4 Å². The molecule has 1 heterocycles. The number of halogens is 3. The quantitative estimate of drug-likeness (QED) is 0.0291. The predicted molar refractivity (Wildman–Crippen MR) is 179 cm³/mol. The van der Waals surface area contributed by atoms with Crippen molar-refractivity contribution in [1.82, 2.24) is 0 Å². The Kier molecular flexibility index (Phi) is 14.3. The zero-order valence-corrected chi connectivity index (χ0v) is 28.5. The molecule has 0 atom stereocenters. The molecule has 0 radical (unpaired) electrons. The standard InChI is InChI=1S/C33H37N3O6.CHF3O3S/c1-4-40-30(37)15-11-8-12-20-36-29-22-25(35-33(39)42-6-3)17-19-27(29)26-18-16-24(34-32(38)41-5-2)21-28(26)31(36)23-13-9-7-10-14-23;2-1(3,4)8(5,6)7/h7,9-10,13-14,16-19,21-22H,4-6,8,11-12,15,20H2,1-3H3,(H,34,38);(H,5,6,7). The predicted octanol–water partition coefficient (Wildman–Crippen LogP) is 7.26. The van der Waals surface area contributed by atoms with Crippen LogP contribution in [0.4, 0.5) is 34.1 Å². The van der Waals surface area contributed by atoms with Crippen molar-refractivity contribution in [3.63, 3.8) is 0 Å². The van der Waals surface area contributed by atoms with Crippen molar-refractivity contribution in [1.29, 1.82) is 0 Å². The molecule has 270 valence electrons. The molecule has 16 heteroatoms. The van der Waals surface area contributed by atoms with Crippen molar-refractivity contribution in [2.75, 3.05) is 30.5 Å². The number of ether oxygens (including phenoxy) is 3. The summed E-state index contributed by atoms with van der Waals surface area (Å²) in [4.78, 5) is 36.3. The van der Waals surface area contributed by atoms with Gasteiger partial charge in [-0.25, -0.2) is 18.0 Å². The summed E-state index contributed by atoms with van der Waals surface area (Å²) in [6.07, 6.45) is 1.75. The van der Waals surface area contributed by atoms with Gasteiger partial charge in [0.05, 0.1) is 36.3 Å². The first-order valence-electron chi connectivity index (χ1n) is 15.7. The number of hydrogen-bond acceptors (Lipinski definition) is 9. The summed E-state index contributed by atoms with van der Waals surface area (Å²) in [5, 5.41) is 8.61. The van der Waals surface area contributed by atoms with Crippen LogP contribution >= 0.6 is 0 Å². The summed E-state index contributed by atoms with van der Waals surface area (Å²) in [5.74, 6) is -0.178.